The van der Waals surface area contributed by atoms with E-state index in [4.69, 9.17) is 4.74 Å². The molecule has 1 aliphatic heterocycles. The van der Waals surface area contributed by atoms with Gasteiger partial charge < -0.3 is 15.0 Å². The zero-order valence-corrected chi connectivity index (χ0v) is 14.1. The van der Waals surface area contributed by atoms with Crippen LogP contribution in [0.25, 0.3) is 0 Å². The summed E-state index contributed by atoms with van der Waals surface area (Å²) in [6, 6.07) is 0.144. The van der Waals surface area contributed by atoms with Gasteiger partial charge in [0.25, 0.3) is 0 Å². The average Bonchev–Trinajstić information content (AvgIpc) is 2.76. The van der Waals surface area contributed by atoms with Gasteiger partial charge in [0.2, 0.25) is 5.91 Å². The molecule has 5 nitrogen and oxygen atoms in total. The van der Waals surface area contributed by atoms with E-state index in [0.29, 0.717) is 19.6 Å². The number of nitrogens with zero attached hydrogens (tertiary/aromatic N) is 2. The van der Waals surface area contributed by atoms with Crippen molar-refractivity contribution in [3.8, 4) is 0 Å². The number of thiazole rings is 1. The van der Waals surface area contributed by atoms with E-state index in [0.717, 1.165) is 23.9 Å². The van der Waals surface area contributed by atoms with Gasteiger partial charge in [-0.1, -0.05) is 0 Å². The molecule has 116 valence electrons. The first-order valence-corrected chi connectivity index (χ1v) is 6.99. The molecule has 8 heteroatoms. The van der Waals surface area contributed by atoms with Crippen LogP contribution < -0.4 is 5.32 Å². The van der Waals surface area contributed by atoms with Crippen molar-refractivity contribution in [2.75, 3.05) is 26.8 Å². The number of carbonyl (C=O) groups is 1. The second-order valence-corrected chi connectivity index (χ2v) is 5.60. The molecule has 0 aromatic carbocycles. The fourth-order valence-corrected chi connectivity index (χ4v) is 2.53. The van der Waals surface area contributed by atoms with Crippen LogP contribution in [-0.2, 0) is 16.1 Å². The molecule has 2 rings (SSSR count). The van der Waals surface area contributed by atoms with E-state index in [1.807, 2.05) is 19.4 Å². The molecule has 1 atom stereocenters. The number of halogens is 2. The Morgan fingerprint density at radius 3 is 2.90 bits per heavy atom. The van der Waals surface area contributed by atoms with E-state index in [1.54, 1.807) is 16.2 Å². The summed E-state index contributed by atoms with van der Waals surface area (Å²) >= 11 is 1.61. The molecule has 0 aliphatic carbocycles. The second kappa shape index (κ2) is 9.52. The van der Waals surface area contributed by atoms with E-state index in [1.165, 1.54) is 0 Å². The molecule has 0 radical (unpaired) electrons. The van der Waals surface area contributed by atoms with Crippen LogP contribution in [0.3, 0.4) is 0 Å². The SMILES string of the molecule is Cc1nc(CN(C)C(=O)CC2COCCN2)cs1.Cl.Cl. The zero-order valence-electron chi connectivity index (χ0n) is 11.6. The van der Waals surface area contributed by atoms with Crippen LogP contribution in [0.15, 0.2) is 5.38 Å². The lowest BCUT2D eigenvalue weighted by atomic mass is 10.2. The second-order valence-electron chi connectivity index (χ2n) is 4.54. The number of rotatable bonds is 4. The molecule has 1 aromatic rings. The lowest BCUT2D eigenvalue weighted by Crippen LogP contribution is -2.44. The molecule has 1 aliphatic rings. The Balaban J connectivity index is 0.00000180. The number of aromatic nitrogens is 1. The van der Waals surface area contributed by atoms with E-state index >= 15 is 0 Å². The van der Waals surface area contributed by atoms with E-state index in [9.17, 15) is 4.79 Å². The summed E-state index contributed by atoms with van der Waals surface area (Å²) in [6.07, 6.45) is 0.486. The minimum atomic E-state index is 0. The molecule has 0 spiro atoms. The number of aryl methyl sites for hydroxylation is 1. The van der Waals surface area contributed by atoms with Crippen LogP contribution in [0.1, 0.15) is 17.1 Å². The third kappa shape index (κ3) is 5.93. The molecule has 20 heavy (non-hydrogen) atoms. The van der Waals surface area contributed by atoms with Crippen LogP contribution in [-0.4, -0.2) is 48.6 Å². The van der Waals surface area contributed by atoms with Crippen molar-refractivity contribution in [3.63, 3.8) is 0 Å². The molecule has 2 heterocycles. The molecule has 1 fully saturated rings. The minimum Gasteiger partial charge on any atom is -0.378 e. The molecular weight excluding hydrogens is 321 g/mol. The van der Waals surface area contributed by atoms with Crippen LogP contribution >= 0.6 is 36.2 Å². The van der Waals surface area contributed by atoms with Crippen molar-refractivity contribution >= 4 is 42.1 Å². The first-order chi connectivity index (χ1) is 8.65. The first kappa shape index (κ1) is 19.6. The summed E-state index contributed by atoms with van der Waals surface area (Å²) < 4.78 is 5.34. The van der Waals surface area contributed by atoms with E-state index < -0.39 is 0 Å². The third-order valence-corrected chi connectivity index (χ3v) is 3.73. The molecule has 1 unspecified atom stereocenters. The molecule has 0 bridgehead atoms. The predicted octanol–water partition coefficient (Wildman–Crippen LogP) is 1.63. The van der Waals surface area contributed by atoms with Gasteiger partial charge in [0.15, 0.2) is 0 Å². The lowest BCUT2D eigenvalue weighted by Gasteiger charge is -2.25. The van der Waals surface area contributed by atoms with E-state index in [-0.39, 0.29) is 36.8 Å². The van der Waals surface area contributed by atoms with Gasteiger partial charge in [-0.2, -0.15) is 0 Å². The maximum atomic E-state index is 12.0. The average molecular weight is 342 g/mol. The van der Waals surface area contributed by atoms with Gasteiger partial charge in [0.1, 0.15) is 0 Å². The minimum absolute atomic E-state index is 0. The number of nitrogens with one attached hydrogen (secondary N) is 1. The first-order valence-electron chi connectivity index (χ1n) is 6.11. The fourth-order valence-electron chi connectivity index (χ4n) is 1.93. The summed E-state index contributed by atoms with van der Waals surface area (Å²) in [7, 11) is 1.82. The Hall–Kier alpha value is -0.400. The van der Waals surface area contributed by atoms with Crippen LogP contribution in [0.4, 0.5) is 0 Å². The van der Waals surface area contributed by atoms with Crippen LogP contribution in [0.2, 0.25) is 0 Å². The Morgan fingerprint density at radius 1 is 1.60 bits per heavy atom. The number of carbonyl (C=O) groups excluding carboxylic acids is 1. The standard InChI is InChI=1S/C12H19N3O2S.2ClH/c1-9-14-11(8-18-9)6-15(2)12(16)5-10-7-17-4-3-13-10;;/h8,10,13H,3-7H2,1-2H3;2*1H. The highest BCUT2D eigenvalue weighted by atomic mass is 35.5. The monoisotopic (exact) mass is 341 g/mol. The summed E-state index contributed by atoms with van der Waals surface area (Å²) in [5, 5.41) is 6.32. The van der Waals surface area contributed by atoms with Crippen molar-refractivity contribution in [3.05, 3.63) is 16.1 Å². The Labute approximate surface area is 135 Å². The van der Waals surface area contributed by atoms with E-state index in [2.05, 4.69) is 10.3 Å². The summed E-state index contributed by atoms with van der Waals surface area (Å²) in [5.74, 6) is 0.128. The highest BCUT2D eigenvalue weighted by Crippen LogP contribution is 2.11. The summed E-state index contributed by atoms with van der Waals surface area (Å²) in [6.45, 7) is 4.73. The highest BCUT2D eigenvalue weighted by molar-refractivity contribution is 7.09. The van der Waals surface area contributed by atoms with Gasteiger partial charge in [-0.15, -0.1) is 36.2 Å². The van der Waals surface area contributed by atoms with Gasteiger partial charge in [-0.3, -0.25) is 4.79 Å². The van der Waals surface area contributed by atoms with Crippen molar-refractivity contribution < 1.29 is 9.53 Å². The Kier molecular flexibility index (Phi) is 9.33. The number of morpholine rings is 1. The van der Waals surface area contributed by atoms with Crippen molar-refractivity contribution in [1.29, 1.82) is 0 Å². The maximum Gasteiger partial charge on any atom is 0.224 e. The number of hydrogen-bond acceptors (Lipinski definition) is 5. The lowest BCUT2D eigenvalue weighted by molar-refractivity contribution is -0.131. The highest BCUT2D eigenvalue weighted by Gasteiger charge is 2.19. The Bertz CT molecular complexity index is 411. The Morgan fingerprint density at radius 2 is 2.35 bits per heavy atom. The van der Waals surface area contributed by atoms with Gasteiger partial charge in [-0.05, 0) is 6.92 Å². The largest absolute Gasteiger partial charge is 0.378 e. The van der Waals surface area contributed by atoms with Crippen molar-refractivity contribution in [1.82, 2.24) is 15.2 Å². The van der Waals surface area contributed by atoms with Gasteiger partial charge in [-0.25, -0.2) is 4.98 Å². The maximum absolute atomic E-state index is 12.0. The molecular formula is C12H21Cl2N3O2S. The molecule has 1 N–H and O–H groups in total. The molecule has 1 saturated heterocycles. The van der Waals surface area contributed by atoms with Gasteiger partial charge in [0.05, 0.1) is 30.5 Å². The predicted molar refractivity (Wildman–Crippen MR) is 85.0 cm³/mol. The number of hydrogen-bond donors (Lipinski definition) is 1. The normalized spacial score (nSPS) is 17.8. The summed E-state index contributed by atoms with van der Waals surface area (Å²) in [4.78, 5) is 18.1. The third-order valence-electron chi connectivity index (χ3n) is 2.91. The fraction of sp³-hybridized carbons (Fsp3) is 0.667. The zero-order chi connectivity index (χ0) is 13.0. The molecule has 1 aromatic heterocycles. The van der Waals surface area contributed by atoms with Crippen LogP contribution in [0.5, 0.6) is 0 Å². The van der Waals surface area contributed by atoms with Gasteiger partial charge >= 0.3 is 0 Å². The quantitative estimate of drug-likeness (QED) is 0.904. The van der Waals surface area contributed by atoms with Gasteiger partial charge in [0, 0.05) is 31.4 Å². The number of amides is 1. The van der Waals surface area contributed by atoms with Crippen molar-refractivity contribution in [2.24, 2.45) is 0 Å². The van der Waals surface area contributed by atoms with Crippen molar-refractivity contribution in [2.45, 2.75) is 25.9 Å². The molecule has 0 saturated carbocycles. The summed E-state index contributed by atoms with van der Waals surface area (Å²) in [5.41, 5.74) is 0.959. The smallest absolute Gasteiger partial charge is 0.224 e. The molecule has 1 amide bonds. The van der Waals surface area contributed by atoms with Crippen LogP contribution in [0, 0.1) is 6.92 Å². The number of ether oxygens (including phenoxy) is 1. The topological polar surface area (TPSA) is 54.5 Å².